The summed E-state index contributed by atoms with van der Waals surface area (Å²) in [6.07, 6.45) is 4.61. The zero-order valence-corrected chi connectivity index (χ0v) is 20.4. The molecule has 6 nitrogen and oxygen atoms in total. The molecule has 1 aliphatic rings. The van der Waals surface area contributed by atoms with Gasteiger partial charge in [-0.15, -0.1) is 0 Å². The summed E-state index contributed by atoms with van der Waals surface area (Å²) in [5.41, 5.74) is 2.72. The first kappa shape index (κ1) is 23.6. The zero-order chi connectivity index (χ0) is 24.3. The molecule has 1 saturated heterocycles. The fraction of sp³-hybridized carbons (Fsp3) is 0.333. The number of hydrogen-bond acceptors (Lipinski definition) is 5. The van der Waals surface area contributed by atoms with Crippen molar-refractivity contribution in [3.8, 4) is 0 Å². The van der Waals surface area contributed by atoms with Gasteiger partial charge in [-0.2, -0.15) is 0 Å². The van der Waals surface area contributed by atoms with Crippen molar-refractivity contribution in [3.63, 3.8) is 0 Å². The molecule has 8 heteroatoms. The van der Waals surface area contributed by atoms with Gasteiger partial charge in [0.1, 0.15) is 17.2 Å². The summed E-state index contributed by atoms with van der Waals surface area (Å²) in [6.45, 7) is 2.91. The summed E-state index contributed by atoms with van der Waals surface area (Å²) in [6, 6.07) is 19.1. The second kappa shape index (κ2) is 10.3. The lowest BCUT2D eigenvalue weighted by atomic mass is 9.93. The first-order valence-corrected chi connectivity index (χ1v) is 13.7. The first-order chi connectivity index (χ1) is 17.0. The van der Waals surface area contributed by atoms with Crippen LogP contribution in [0, 0.1) is 11.7 Å². The smallest absolute Gasteiger partial charge is 0.179 e. The number of aromatic nitrogens is 3. The van der Waals surface area contributed by atoms with Gasteiger partial charge in [0.15, 0.2) is 15.5 Å². The number of piperidine rings is 1. The maximum atomic E-state index is 13.4. The molecule has 0 amide bonds. The molecule has 3 heterocycles. The lowest BCUT2D eigenvalue weighted by Gasteiger charge is -2.31. The van der Waals surface area contributed by atoms with Crippen LogP contribution in [0.2, 0.25) is 0 Å². The summed E-state index contributed by atoms with van der Waals surface area (Å²) in [7, 11) is -3.26. The van der Waals surface area contributed by atoms with Crippen LogP contribution in [0.3, 0.4) is 0 Å². The number of nitrogens with zero attached hydrogens (tertiary/aromatic N) is 4. The molecule has 0 radical (unpaired) electrons. The standard InChI is InChI=1S/C27H29FN4O2S/c28-23-10-8-22(9-11-23)20-32-26(30-25-7-4-14-29-27(25)32)19-21-12-15-31(16-13-21)17-18-35(33,34)24-5-2-1-3-6-24/h1-11,14,21H,12-13,15-20H2. The highest BCUT2D eigenvalue weighted by Gasteiger charge is 2.24. The van der Waals surface area contributed by atoms with Crippen molar-refractivity contribution >= 4 is 21.0 Å². The molecule has 4 aromatic rings. The molecule has 35 heavy (non-hydrogen) atoms. The Morgan fingerprint density at radius 1 is 0.943 bits per heavy atom. The molecule has 0 atom stereocenters. The van der Waals surface area contributed by atoms with E-state index < -0.39 is 9.84 Å². The highest BCUT2D eigenvalue weighted by Crippen LogP contribution is 2.25. The van der Waals surface area contributed by atoms with Crippen LogP contribution in [0.5, 0.6) is 0 Å². The van der Waals surface area contributed by atoms with E-state index in [9.17, 15) is 12.8 Å². The molecule has 1 fully saturated rings. The number of fused-ring (bicyclic) bond motifs is 1. The van der Waals surface area contributed by atoms with Crippen LogP contribution in [0.4, 0.5) is 4.39 Å². The Morgan fingerprint density at radius 3 is 2.43 bits per heavy atom. The second-order valence-corrected chi connectivity index (χ2v) is 11.3. The predicted molar refractivity (Wildman–Crippen MR) is 134 cm³/mol. The Hall–Kier alpha value is -3.10. The fourth-order valence-electron chi connectivity index (χ4n) is 4.77. The number of likely N-dealkylation sites (tertiary alicyclic amines) is 1. The van der Waals surface area contributed by atoms with Gasteiger partial charge in [-0.05, 0) is 73.8 Å². The Morgan fingerprint density at radius 2 is 1.69 bits per heavy atom. The second-order valence-electron chi connectivity index (χ2n) is 9.21. The minimum Gasteiger partial charge on any atom is -0.308 e. The third-order valence-electron chi connectivity index (χ3n) is 6.79. The van der Waals surface area contributed by atoms with Gasteiger partial charge < -0.3 is 9.47 Å². The maximum absolute atomic E-state index is 13.4. The summed E-state index contributed by atoms with van der Waals surface area (Å²) in [4.78, 5) is 12.1. The highest BCUT2D eigenvalue weighted by atomic mass is 32.2. The molecule has 2 aromatic carbocycles. The van der Waals surface area contributed by atoms with Crippen molar-refractivity contribution < 1.29 is 12.8 Å². The van der Waals surface area contributed by atoms with E-state index in [4.69, 9.17) is 4.98 Å². The lowest BCUT2D eigenvalue weighted by molar-refractivity contribution is 0.191. The van der Waals surface area contributed by atoms with Gasteiger partial charge in [-0.25, -0.2) is 22.8 Å². The number of halogens is 1. The van der Waals surface area contributed by atoms with Gasteiger partial charge in [0.2, 0.25) is 0 Å². The average Bonchev–Trinajstić information content (AvgIpc) is 3.22. The Balaban J connectivity index is 1.22. The van der Waals surface area contributed by atoms with Gasteiger partial charge in [-0.1, -0.05) is 30.3 Å². The molecule has 182 valence electrons. The van der Waals surface area contributed by atoms with Crippen LogP contribution >= 0.6 is 0 Å². The quantitative estimate of drug-likeness (QED) is 0.366. The molecule has 5 rings (SSSR count). The monoisotopic (exact) mass is 492 g/mol. The van der Waals surface area contributed by atoms with Crippen molar-refractivity contribution in [1.82, 2.24) is 19.4 Å². The van der Waals surface area contributed by atoms with Crippen LogP contribution in [0.15, 0.2) is 77.8 Å². The Labute approximate surface area is 205 Å². The number of rotatable bonds is 8. The summed E-state index contributed by atoms with van der Waals surface area (Å²) in [5, 5.41) is 0. The number of sulfone groups is 1. The summed E-state index contributed by atoms with van der Waals surface area (Å²) < 4.78 is 40.7. The number of hydrogen-bond donors (Lipinski definition) is 0. The zero-order valence-electron chi connectivity index (χ0n) is 19.6. The number of pyridine rings is 1. The average molecular weight is 493 g/mol. The Kier molecular flexibility index (Phi) is 6.92. The van der Waals surface area contributed by atoms with Crippen molar-refractivity contribution in [2.24, 2.45) is 5.92 Å². The summed E-state index contributed by atoms with van der Waals surface area (Å²) in [5.74, 6) is 1.36. The first-order valence-electron chi connectivity index (χ1n) is 12.0. The van der Waals surface area contributed by atoms with E-state index in [2.05, 4.69) is 14.5 Å². The van der Waals surface area contributed by atoms with E-state index in [1.54, 1.807) is 42.6 Å². The van der Waals surface area contributed by atoms with E-state index in [-0.39, 0.29) is 11.6 Å². The van der Waals surface area contributed by atoms with Gasteiger partial charge in [0.25, 0.3) is 0 Å². The van der Waals surface area contributed by atoms with Gasteiger partial charge in [0.05, 0.1) is 17.2 Å². The summed E-state index contributed by atoms with van der Waals surface area (Å²) >= 11 is 0. The lowest BCUT2D eigenvalue weighted by Crippen LogP contribution is -2.37. The SMILES string of the molecule is O=S(=O)(CCN1CCC(Cc2nc3cccnc3n2Cc2ccc(F)cc2)CC1)c1ccccc1. The molecule has 1 aliphatic heterocycles. The van der Waals surface area contributed by atoms with Gasteiger partial charge in [0, 0.05) is 19.2 Å². The number of imidazole rings is 1. The Bertz CT molecular complexity index is 1380. The largest absolute Gasteiger partial charge is 0.308 e. The molecule has 0 aliphatic carbocycles. The van der Waals surface area contributed by atoms with Crippen molar-refractivity contribution in [2.75, 3.05) is 25.4 Å². The molecule has 0 bridgehead atoms. The van der Waals surface area contributed by atoms with Crippen molar-refractivity contribution in [1.29, 1.82) is 0 Å². The topological polar surface area (TPSA) is 68.1 Å². The predicted octanol–water partition coefficient (Wildman–Crippen LogP) is 4.35. The molecular formula is C27H29FN4O2S. The van der Waals surface area contributed by atoms with E-state index >= 15 is 0 Å². The maximum Gasteiger partial charge on any atom is 0.179 e. The van der Waals surface area contributed by atoms with E-state index in [1.807, 2.05) is 18.2 Å². The van der Waals surface area contributed by atoms with Crippen LogP contribution in [-0.4, -0.2) is 53.2 Å². The fourth-order valence-corrected chi connectivity index (χ4v) is 6.07. The molecule has 0 unspecified atom stereocenters. The number of benzene rings is 2. The van der Waals surface area contributed by atoms with Gasteiger partial charge in [-0.3, -0.25) is 0 Å². The third kappa shape index (κ3) is 5.60. The normalized spacial score (nSPS) is 15.6. The van der Waals surface area contributed by atoms with Crippen LogP contribution in [0.25, 0.3) is 11.2 Å². The van der Waals surface area contributed by atoms with E-state index in [0.717, 1.165) is 54.9 Å². The van der Waals surface area contributed by atoms with Crippen LogP contribution < -0.4 is 0 Å². The molecular weight excluding hydrogens is 463 g/mol. The van der Waals surface area contributed by atoms with Crippen molar-refractivity contribution in [3.05, 3.63) is 90.1 Å². The van der Waals surface area contributed by atoms with E-state index in [0.29, 0.717) is 23.9 Å². The van der Waals surface area contributed by atoms with Crippen molar-refractivity contribution in [2.45, 2.75) is 30.7 Å². The van der Waals surface area contributed by atoms with Crippen LogP contribution in [-0.2, 0) is 22.8 Å². The molecule has 0 N–H and O–H groups in total. The van der Waals surface area contributed by atoms with Gasteiger partial charge >= 0.3 is 0 Å². The van der Waals surface area contributed by atoms with Crippen LogP contribution in [0.1, 0.15) is 24.2 Å². The minimum absolute atomic E-state index is 0.140. The molecule has 0 spiro atoms. The van der Waals surface area contributed by atoms with E-state index in [1.165, 1.54) is 12.1 Å². The highest BCUT2D eigenvalue weighted by molar-refractivity contribution is 7.91. The molecule has 2 aromatic heterocycles. The minimum atomic E-state index is -3.26. The third-order valence-corrected chi connectivity index (χ3v) is 8.50. The molecule has 0 saturated carbocycles.